The summed E-state index contributed by atoms with van der Waals surface area (Å²) in [6, 6.07) is 15.9. The van der Waals surface area contributed by atoms with Crippen LogP contribution in [0, 0.1) is 6.92 Å². The molecule has 3 aromatic carbocycles. The number of hydrogen-bond acceptors (Lipinski definition) is 6. The van der Waals surface area contributed by atoms with Crippen molar-refractivity contribution in [3.05, 3.63) is 77.4 Å². The van der Waals surface area contributed by atoms with Crippen molar-refractivity contribution in [3.63, 3.8) is 0 Å². The lowest BCUT2D eigenvalue weighted by Crippen LogP contribution is -2.34. The summed E-state index contributed by atoms with van der Waals surface area (Å²) in [5.74, 6) is -0.0517. The van der Waals surface area contributed by atoms with Gasteiger partial charge >= 0.3 is 6.03 Å². The monoisotopic (exact) mass is 463 g/mol. The van der Waals surface area contributed by atoms with Crippen molar-refractivity contribution in [2.24, 2.45) is 0 Å². The van der Waals surface area contributed by atoms with E-state index in [2.05, 4.69) is 16.0 Å². The van der Waals surface area contributed by atoms with Gasteiger partial charge in [-0.2, -0.15) is 0 Å². The molecule has 0 aliphatic heterocycles. The molecule has 9 heteroatoms. The van der Waals surface area contributed by atoms with Gasteiger partial charge in [0.2, 0.25) is 5.75 Å². The maximum Gasteiger partial charge on any atom is 0.326 e. The molecule has 0 heterocycles. The minimum atomic E-state index is -0.749. The topological polar surface area (TPSA) is 115 Å². The second kappa shape index (κ2) is 10.9. The van der Waals surface area contributed by atoms with E-state index in [1.807, 2.05) is 19.1 Å². The zero-order chi connectivity index (χ0) is 24.7. The lowest BCUT2D eigenvalue weighted by molar-refractivity contribution is 0.0965. The normalized spacial score (nSPS) is 10.1. The van der Waals surface area contributed by atoms with Gasteiger partial charge in [0, 0.05) is 22.5 Å². The van der Waals surface area contributed by atoms with E-state index < -0.39 is 11.9 Å². The number of imide groups is 1. The van der Waals surface area contributed by atoms with E-state index in [1.165, 1.54) is 33.5 Å². The van der Waals surface area contributed by atoms with E-state index >= 15 is 0 Å². The Balaban J connectivity index is 1.66. The third-order valence-electron chi connectivity index (χ3n) is 4.85. The number of urea groups is 1. The number of ether oxygens (including phenoxy) is 3. The zero-order valence-electron chi connectivity index (χ0n) is 19.2. The van der Waals surface area contributed by atoms with Gasteiger partial charge < -0.3 is 24.8 Å². The van der Waals surface area contributed by atoms with Gasteiger partial charge in [0.15, 0.2) is 11.5 Å². The average Bonchev–Trinajstić information content (AvgIpc) is 2.83. The van der Waals surface area contributed by atoms with Crippen molar-refractivity contribution in [2.75, 3.05) is 32.0 Å². The Morgan fingerprint density at radius 1 is 0.676 bits per heavy atom. The van der Waals surface area contributed by atoms with Crippen LogP contribution in [-0.2, 0) is 0 Å². The molecule has 0 radical (unpaired) electrons. The van der Waals surface area contributed by atoms with Crippen molar-refractivity contribution >= 4 is 29.2 Å². The average molecular weight is 463 g/mol. The Hall–Kier alpha value is -4.53. The molecule has 0 aliphatic rings. The van der Waals surface area contributed by atoms with Gasteiger partial charge in [-0.15, -0.1) is 0 Å². The van der Waals surface area contributed by atoms with Crippen LogP contribution in [0.1, 0.15) is 26.3 Å². The highest BCUT2D eigenvalue weighted by atomic mass is 16.5. The highest BCUT2D eigenvalue weighted by Gasteiger charge is 2.18. The second-order valence-electron chi connectivity index (χ2n) is 7.22. The van der Waals surface area contributed by atoms with Crippen LogP contribution in [0.15, 0.2) is 60.7 Å². The fraction of sp³-hybridized carbons (Fsp3) is 0.160. The van der Waals surface area contributed by atoms with E-state index in [9.17, 15) is 14.4 Å². The predicted octanol–water partition coefficient (Wildman–Crippen LogP) is 4.24. The van der Waals surface area contributed by atoms with Crippen LogP contribution in [-0.4, -0.2) is 39.2 Å². The van der Waals surface area contributed by atoms with Gasteiger partial charge in [-0.05, 0) is 49.4 Å². The SMILES string of the molecule is COc1cc(C(=O)NC(=O)Nc2cccc(NC(=O)c3ccc(C)cc3)c2)cc(OC)c1OC. The minimum absolute atomic E-state index is 0.142. The summed E-state index contributed by atoms with van der Waals surface area (Å²) < 4.78 is 15.7. The zero-order valence-corrected chi connectivity index (χ0v) is 19.2. The molecule has 0 spiro atoms. The maximum atomic E-state index is 12.6. The molecule has 34 heavy (non-hydrogen) atoms. The van der Waals surface area contributed by atoms with Crippen LogP contribution in [0.4, 0.5) is 16.2 Å². The van der Waals surface area contributed by atoms with E-state index in [0.29, 0.717) is 22.7 Å². The smallest absolute Gasteiger partial charge is 0.326 e. The summed E-state index contributed by atoms with van der Waals surface area (Å²) >= 11 is 0. The van der Waals surface area contributed by atoms with Crippen LogP contribution in [0.2, 0.25) is 0 Å². The lowest BCUT2D eigenvalue weighted by Gasteiger charge is -2.14. The number of rotatable bonds is 7. The van der Waals surface area contributed by atoms with Crippen LogP contribution in [0.5, 0.6) is 17.2 Å². The molecule has 9 nitrogen and oxygen atoms in total. The summed E-state index contributed by atoms with van der Waals surface area (Å²) in [7, 11) is 4.30. The molecule has 4 amide bonds. The van der Waals surface area contributed by atoms with Crippen LogP contribution >= 0.6 is 0 Å². The first-order chi connectivity index (χ1) is 16.3. The first-order valence-electron chi connectivity index (χ1n) is 10.2. The second-order valence-corrected chi connectivity index (χ2v) is 7.22. The molecule has 3 aromatic rings. The quantitative estimate of drug-likeness (QED) is 0.483. The minimum Gasteiger partial charge on any atom is -0.493 e. The molecule has 0 saturated heterocycles. The summed E-state index contributed by atoms with van der Waals surface area (Å²) in [5, 5.41) is 7.60. The van der Waals surface area contributed by atoms with Crippen LogP contribution in [0.3, 0.4) is 0 Å². The Bertz CT molecular complexity index is 1180. The van der Waals surface area contributed by atoms with E-state index in [1.54, 1.807) is 36.4 Å². The summed E-state index contributed by atoms with van der Waals surface area (Å²) in [5.41, 5.74) is 2.58. The predicted molar refractivity (Wildman–Crippen MR) is 128 cm³/mol. The van der Waals surface area contributed by atoms with E-state index in [-0.39, 0.29) is 23.0 Å². The third-order valence-corrected chi connectivity index (χ3v) is 4.85. The number of aryl methyl sites for hydroxylation is 1. The largest absolute Gasteiger partial charge is 0.493 e. The highest BCUT2D eigenvalue weighted by molar-refractivity contribution is 6.09. The van der Waals surface area contributed by atoms with Crippen molar-refractivity contribution in [3.8, 4) is 17.2 Å². The number of hydrogen-bond donors (Lipinski definition) is 3. The Morgan fingerprint density at radius 2 is 1.26 bits per heavy atom. The third kappa shape index (κ3) is 5.83. The van der Waals surface area contributed by atoms with Gasteiger partial charge in [-0.1, -0.05) is 23.8 Å². The number of amides is 4. The summed E-state index contributed by atoms with van der Waals surface area (Å²) in [6.45, 7) is 1.94. The number of carbonyl (C=O) groups is 3. The van der Waals surface area contributed by atoms with Crippen molar-refractivity contribution in [1.29, 1.82) is 0 Å². The van der Waals surface area contributed by atoms with Crippen molar-refractivity contribution in [1.82, 2.24) is 5.32 Å². The number of carbonyl (C=O) groups excluding carboxylic acids is 3. The molecule has 0 aromatic heterocycles. The summed E-state index contributed by atoms with van der Waals surface area (Å²) in [6.07, 6.45) is 0. The molecule has 0 aliphatic carbocycles. The Labute approximate surface area is 197 Å². The van der Waals surface area contributed by atoms with Crippen LogP contribution < -0.4 is 30.2 Å². The Kier molecular flexibility index (Phi) is 7.71. The number of nitrogens with one attached hydrogen (secondary N) is 3. The number of anilines is 2. The summed E-state index contributed by atoms with van der Waals surface area (Å²) in [4.78, 5) is 37.4. The molecule has 0 saturated carbocycles. The van der Waals surface area contributed by atoms with Gasteiger partial charge in [-0.25, -0.2) is 4.79 Å². The van der Waals surface area contributed by atoms with Crippen LogP contribution in [0.25, 0.3) is 0 Å². The molecule has 0 unspecified atom stereocenters. The van der Waals surface area contributed by atoms with Gasteiger partial charge in [0.05, 0.1) is 21.3 Å². The van der Waals surface area contributed by atoms with E-state index in [4.69, 9.17) is 14.2 Å². The first kappa shape index (κ1) is 24.1. The molecule has 3 N–H and O–H groups in total. The van der Waals surface area contributed by atoms with Gasteiger partial charge in [-0.3, -0.25) is 14.9 Å². The number of benzene rings is 3. The first-order valence-corrected chi connectivity index (χ1v) is 10.2. The molecule has 3 rings (SSSR count). The van der Waals surface area contributed by atoms with E-state index in [0.717, 1.165) is 5.56 Å². The molecule has 0 bridgehead atoms. The van der Waals surface area contributed by atoms with Gasteiger partial charge in [0.25, 0.3) is 11.8 Å². The standard InChI is InChI=1S/C25H25N3O6/c1-15-8-10-16(11-9-15)23(29)26-18-6-5-7-19(14-18)27-25(31)28-24(30)17-12-20(32-2)22(34-4)21(13-17)33-3/h5-14H,1-4H3,(H,26,29)(H2,27,28,30,31). The van der Waals surface area contributed by atoms with Crippen molar-refractivity contribution < 1.29 is 28.6 Å². The lowest BCUT2D eigenvalue weighted by atomic mass is 10.1. The molecule has 176 valence electrons. The molecular weight excluding hydrogens is 438 g/mol. The molecular formula is C25H25N3O6. The Morgan fingerprint density at radius 3 is 1.82 bits per heavy atom. The fourth-order valence-electron chi connectivity index (χ4n) is 3.13. The van der Waals surface area contributed by atoms with Crippen molar-refractivity contribution in [2.45, 2.75) is 6.92 Å². The molecule has 0 atom stereocenters. The molecule has 0 fully saturated rings. The fourth-order valence-corrected chi connectivity index (χ4v) is 3.13. The van der Waals surface area contributed by atoms with Gasteiger partial charge in [0.1, 0.15) is 0 Å². The highest BCUT2D eigenvalue weighted by Crippen LogP contribution is 2.38. The maximum absolute atomic E-state index is 12.6. The number of methoxy groups -OCH3 is 3.